The van der Waals surface area contributed by atoms with Gasteiger partial charge in [-0.2, -0.15) is 4.31 Å². The van der Waals surface area contributed by atoms with Crippen LogP contribution >= 0.6 is 0 Å². The van der Waals surface area contributed by atoms with Crippen molar-refractivity contribution in [3.8, 4) is 0 Å². The van der Waals surface area contributed by atoms with Crippen molar-refractivity contribution in [2.75, 3.05) is 31.6 Å². The molecule has 27 heavy (non-hydrogen) atoms. The Hall–Kier alpha value is -2.55. The maximum atomic E-state index is 12.6. The normalized spacial score (nSPS) is 15.3. The van der Waals surface area contributed by atoms with Crippen molar-refractivity contribution in [2.24, 2.45) is 0 Å². The van der Waals surface area contributed by atoms with E-state index in [1.54, 1.807) is 24.3 Å². The topological polar surface area (TPSA) is 92.8 Å². The summed E-state index contributed by atoms with van der Waals surface area (Å²) in [5, 5.41) is 2.71. The zero-order valence-corrected chi connectivity index (χ0v) is 15.7. The Morgan fingerprint density at radius 1 is 1.00 bits per heavy atom. The number of ether oxygens (including phenoxy) is 1. The van der Waals surface area contributed by atoms with Crippen molar-refractivity contribution in [1.29, 1.82) is 0 Å². The SMILES string of the molecule is CC(=O)c1cccc(NC(=O)c2ccc(S(=O)(=O)N3CCOCC3)cc2)c1. The fourth-order valence-corrected chi connectivity index (χ4v) is 4.14. The van der Waals surface area contributed by atoms with Gasteiger partial charge in [-0.1, -0.05) is 12.1 Å². The maximum absolute atomic E-state index is 12.6. The van der Waals surface area contributed by atoms with Gasteiger partial charge in [0.15, 0.2) is 5.78 Å². The van der Waals surface area contributed by atoms with Gasteiger partial charge in [0.2, 0.25) is 10.0 Å². The Labute approximate surface area is 158 Å². The number of hydrogen-bond donors (Lipinski definition) is 1. The van der Waals surface area contributed by atoms with Crippen molar-refractivity contribution >= 4 is 27.4 Å². The van der Waals surface area contributed by atoms with Gasteiger partial charge in [0.1, 0.15) is 0 Å². The van der Waals surface area contributed by atoms with Gasteiger partial charge in [-0.15, -0.1) is 0 Å². The van der Waals surface area contributed by atoms with Gasteiger partial charge in [-0.25, -0.2) is 8.42 Å². The van der Waals surface area contributed by atoms with Gasteiger partial charge in [0.05, 0.1) is 18.1 Å². The van der Waals surface area contributed by atoms with E-state index in [0.29, 0.717) is 43.1 Å². The molecule has 0 radical (unpaired) electrons. The van der Waals surface area contributed by atoms with Crippen molar-refractivity contribution in [1.82, 2.24) is 4.31 Å². The number of morpholine rings is 1. The minimum absolute atomic E-state index is 0.0937. The van der Waals surface area contributed by atoms with Gasteiger partial charge in [0.25, 0.3) is 5.91 Å². The highest BCUT2D eigenvalue weighted by molar-refractivity contribution is 7.89. The second kappa shape index (κ2) is 7.99. The zero-order chi connectivity index (χ0) is 19.4. The van der Waals surface area contributed by atoms with E-state index in [2.05, 4.69) is 5.32 Å². The molecule has 1 aliphatic heterocycles. The molecule has 0 atom stereocenters. The Kier molecular flexibility index (Phi) is 5.69. The van der Waals surface area contributed by atoms with E-state index < -0.39 is 10.0 Å². The zero-order valence-electron chi connectivity index (χ0n) is 14.8. The van der Waals surface area contributed by atoms with Crippen LogP contribution in [0.15, 0.2) is 53.4 Å². The molecule has 0 spiro atoms. The molecular formula is C19H20N2O5S. The number of benzene rings is 2. The number of carbonyl (C=O) groups excluding carboxylic acids is 2. The van der Waals surface area contributed by atoms with Crippen molar-refractivity contribution in [3.05, 3.63) is 59.7 Å². The number of nitrogens with one attached hydrogen (secondary N) is 1. The first-order valence-electron chi connectivity index (χ1n) is 8.48. The van der Waals surface area contributed by atoms with Crippen LogP contribution in [0.1, 0.15) is 27.6 Å². The second-order valence-corrected chi connectivity index (χ2v) is 8.07. The first kappa shape index (κ1) is 19.2. The Morgan fingerprint density at radius 3 is 2.30 bits per heavy atom. The Balaban J connectivity index is 1.74. The summed E-state index contributed by atoms with van der Waals surface area (Å²) in [6, 6.07) is 12.4. The first-order chi connectivity index (χ1) is 12.9. The number of hydrogen-bond acceptors (Lipinski definition) is 5. The fourth-order valence-electron chi connectivity index (χ4n) is 2.73. The van der Waals surface area contributed by atoms with E-state index in [9.17, 15) is 18.0 Å². The number of amides is 1. The maximum Gasteiger partial charge on any atom is 0.255 e. The van der Waals surface area contributed by atoms with E-state index in [0.717, 1.165) is 0 Å². The lowest BCUT2D eigenvalue weighted by Gasteiger charge is -2.26. The molecule has 0 saturated carbocycles. The summed E-state index contributed by atoms with van der Waals surface area (Å²) >= 11 is 0. The van der Waals surface area contributed by atoms with Crippen LogP contribution in [0.5, 0.6) is 0 Å². The van der Waals surface area contributed by atoms with Crippen LogP contribution in [0, 0.1) is 0 Å². The Bertz CT molecular complexity index is 948. The average molecular weight is 388 g/mol. The third kappa shape index (κ3) is 4.41. The molecule has 0 unspecified atom stereocenters. The lowest BCUT2D eigenvalue weighted by atomic mass is 10.1. The van der Waals surface area contributed by atoms with Gasteiger partial charge in [0, 0.05) is 29.9 Å². The van der Waals surface area contributed by atoms with Crippen molar-refractivity contribution < 1.29 is 22.7 Å². The Morgan fingerprint density at radius 2 is 1.67 bits per heavy atom. The second-order valence-electron chi connectivity index (χ2n) is 6.13. The van der Waals surface area contributed by atoms with E-state index in [-0.39, 0.29) is 16.6 Å². The molecule has 1 fully saturated rings. The van der Waals surface area contributed by atoms with Crippen LogP contribution in [0.4, 0.5) is 5.69 Å². The molecule has 0 bridgehead atoms. The molecule has 2 aromatic carbocycles. The van der Waals surface area contributed by atoms with Crippen LogP contribution in [-0.2, 0) is 14.8 Å². The number of Topliss-reactive ketones (excluding diaryl/α,β-unsaturated/α-hetero) is 1. The van der Waals surface area contributed by atoms with E-state index in [4.69, 9.17) is 4.74 Å². The molecule has 0 aromatic heterocycles. The minimum atomic E-state index is -3.59. The number of anilines is 1. The highest BCUT2D eigenvalue weighted by Gasteiger charge is 2.26. The third-order valence-electron chi connectivity index (χ3n) is 4.25. The molecule has 1 aliphatic rings. The summed E-state index contributed by atoms with van der Waals surface area (Å²) in [7, 11) is -3.59. The molecule has 7 nitrogen and oxygen atoms in total. The predicted molar refractivity (Wildman–Crippen MR) is 100 cm³/mol. The predicted octanol–water partition coefficient (Wildman–Crippen LogP) is 2.16. The monoisotopic (exact) mass is 388 g/mol. The van der Waals surface area contributed by atoms with Crippen molar-refractivity contribution in [3.63, 3.8) is 0 Å². The lowest BCUT2D eigenvalue weighted by molar-refractivity contribution is 0.0730. The van der Waals surface area contributed by atoms with Crippen molar-refractivity contribution in [2.45, 2.75) is 11.8 Å². The minimum Gasteiger partial charge on any atom is -0.379 e. The van der Waals surface area contributed by atoms with Crippen LogP contribution in [0.2, 0.25) is 0 Å². The summed E-state index contributed by atoms with van der Waals surface area (Å²) in [6.45, 7) is 2.83. The third-order valence-corrected chi connectivity index (χ3v) is 6.16. The fraction of sp³-hybridized carbons (Fsp3) is 0.263. The summed E-state index contributed by atoms with van der Waals surface area (Å²) in [4.78, 5) is 24.0. The van der Waals surface area contributed by atoms with Crippen LogP contribution in [0.25, 0.3) is 0 Å². The molecule has 3 rings (SSSR count). The number of sulfonamides is 1. The molecule has 142 valence electrons. The summed E-state index contributed by atoms with van der Waals surface area (Å²) in [6.07, 6.45) is 0. The molecule has 2 aromatic rings. The van der Waals surface area contributed by atoms with Gasteiger partial charge in [-0.3, -0.25) is 9.59 Å². The largest absolute Gasteiger partial charge is 0.379 e. The van der Waals surface area contributed by atoms with E-state index in [1.807, 2.05) is 0 Å². The van der Waals surface area contributed by atoms with Crippen LogP contribution in [-0.4, -0.2) is 50.7 Å². The number of carbonyl (C=O) groups is 2. The molecule has 1 heterocycles. The van der Waals surface area contributed by atoms with Crippen LogP contribution in [0.3, 0.4) is 0 Å². The molecule has 0 aliphatic carbocycles. The molecule has 1 N–H and O–H groups in total. The van der Waals surface area contributed by atoms with E-state index >= 15 is 0 Å². The van der Waals surface area contributed by atoms with E-state index in [1.165, 1.54) is 35.5 Å². The smallest absolute Gasteiger partial charge is 0.255 e. The lowest BCUT2D eigenvalue weighted by Crippen LogP contribution is -2.40. The first-order valence-corrected chi connectivity index (χ1v) is 9.92. The molecular weight excluding hydrogens is 368 g/mol. The van der Waals surface area contributed by atoms with Gasteiger partial charge in [-0.05, 0) is 43.3 Å². The van der Waals surface area contributed by atoms with Gasteiger partial charge >= 0.3 is 0 Å². The standard InChI is InChI=1S/C19H20N2O5S/c1-14(22)16-3-2-4-17(13-16)20-19(23)15-5-7-18(8-6-15)27(24,25)21-9-11-26-12-10-21/h2-8,13H,9-12H2,1H3,(H,20,23). The number of nitrogens with zero attached hydrogens (tertiary/aromatic N) is 1. The molecule has 1 amide bonds. The summed E-state index contributed by atoms with van der Waals surface area (Å²) < 4.78 is 31.8. The molecule has 1 saturated heterocycles. The highest BCUT2D eigenvalue weighted by atomic mass is 32.2. The van der Waals surface area contributed by atoms with Gasteiger partial charge < -0.3 is 10.1 Å². The quantitative estimate of drug-likeness (QED) is 0.793. The summed E-state index contributed by atoms with van der Waals surface area (Å²) in [5.41, 5.74) is 1.32. The molecule has 8 heteroatoms. The number of ketones is 1. The highest BCUT2D eigenvalue weighted by Crippen LogP contribution is 2.19. The average Bonchev–Trinajstić information content (AvgIpc) is 2.69. The number of rotatable bonds is 5. The van der Waals surface area contributed by atoms with Crippen LogP contribution < -0.4 is 5.32 Å². The summed E-state index contributed by atoms with van der Waals surface area (Å²) in [5.74, 6) is -0.477.